The van der Waals surface area contributed by atoms with Crippen molar-refractivity contribution in [3.05, 3.63) is 65.1 Å². The van der Waals surface area contributed by atoms with Gasteiger partial charge < -0.3 is 5.32 Å². The van der Waals surface area contributed by atoms with E-state index < -0.39 is 0 Å². The normalized spacial score (nSPS) is 12.3. The monoisotopic (exact) mass is 461 g/mol. The van der Waals surface area contributed by atoms with Gasteiger partial charge in [-0.15, -0.1) is 16.4 Å². The molecule has 0 saturated carbocycles. The fourth-order valence-electron chi connectivity index (χ4n) is 3.79. The van der Waals surface area contributed by atoms with E-state index in [0.29, 0.717) is 29.1 Å². The van der Waals surface area contributed by atoms with Crippen molar-refractivity contribution >= 4 is 22.9 Å². The van der Waals surface area contributed by atoms with E-state index in [2.05, 4.69) is 54.9 Å². The van der Waals surface area contributed by atoms with Gasteiger partial charge in [-0.05, 0) is 38.0 Å². The highest BCUT2D eigenvalue weighted by Crippen LogP contribution is 2.30. The minimum atomic E-state index is -0.279. The van der Waals surface area contributed by atoms with Crippen LogP contribution in [0.5, 0.6) is 0 Å². The third-order valence-electron chi connectivity index (χ3n) is 5.53. The molecule has 1 atom stereocenters. The number of amides is 1. The Kier molecular flexibility index (Phi) is 5.47. The number of carbonyl (C=O) groups excluding carboxylic acids is 1. The number of aromatic nitrogens is 8. The number of nitrogens with one attached hydrogen (secondary N) is 2. The highest BCUT2D eigenvalue weighted by molar-refractivity contribution is 7.15. The number of fused-ring (bicyclic) bond motifs is 1. The molecule has 33 heavy (non-hydrogen) atoms. The van der Waals surface area contributed by atoms with Crippen molar-refractivity contribution in [1.29, 1.82) is 0 Å². The van der Waals surface area contributed by atoms with E-state index in [0.717, 1.165) is 22.7 Å². The van der Waals surface area contributed by atoms with Gasteiger partial charge in [-0.1, -0.05) is 19.1 Å². The van der Waals surface area contributed by atoms with Crippen LogP contribution in [0.25, 0.3) is 21.9 Å². The quantitative estimate of drug-likeness (QED) is 0.383. The van der Waals surface area contributed by atoms with Gasteiger partial charge in [-0.25, -0.2) is 14.6 Å². The second-order valence-electron chi connectivity index (χ2n) is 7.66. The summed E-state index contributed by atoms with van der Waals surface area (Å²) in [4.78, 5) is 24.5. The molecule has 5 aromatic heterocycles. The van der Waals surface area contributed by atoms with Crippen molar-refractivity contribution in [2.45, 2.75) is 39.7 Å². The maximum Gasteiger partial charge on any atom is 0.253 e. The molecule has 1 amide bonds. The molecular formula is C22H23N9OS. The van der Waals surface area contributed by atoms with Crippen LogP contribution in [0, 0.1) is 6.92 Å². The summed E-state index contributed by atoms with van der Waals surface area (Å²) in [5, 5.41) is 18.1. The van der Waals surface area contributed by atoms with E-state index >= 15 is 0 Å². The lowest BCUT2D eigenvalue weighted by atomic mass is 10.1. The van der Waals surface area contributed by atoms with Crippen LogP contribution in [-0.4, -0.2) is 45.5 Å². The van der Waals surface area contributed by atoms with Crippen LogP contribution >= 0.6 is 11.3 Å². The molecule has 0 fully saturated rings. The molecule has 0 bridgehead atoms. The van der Waals surface area contributed by atoms with Crippen LogP contribution in [0.1, 0.15) is 53.1 Å². The van der Waals surface area contributed by atoms with E-state index in [-0.39, 0.29) is 11.9 Å². The first-order valence-corrected chi connectivity index (χ1v) is 11.5. The van der Waals surface area contributed by atoms with Crippen LogP contribution < -0.4 is 5.32 Å². The Hall–Kier alpha value is -3.86. The molecule has 5 heterocycles. The second-order valence-corrected chi connectivity index (χ2v) is 8.94. The van der Waals surface area contributed by atoms with Crippen molar-refractivity contribution in [1.82, 2.24) is 44.9 Å². The first kappa shape index (κ1) is 21.0. The van der Waals surface area contributed by atoms with Crippen molar-refractivity contribution < 1.29 is 4.79 Å². The highest BCUT2D eigenvalue weighted by atomic mass is 32.1. The lowest BCUT2D eigenvalue weighted by Crippen LogP contribution is -2.29. The van der Waals surface area contributed by atoms with Gasteiger partial charge >= 0.3 is 0 Å². The lowest BCUT2D eigenvalue weighted by Gasteiger charge is -2.16. The van der Waals surface area contributed by atoms with Crippen LogP contribution in [-0.2, 0) is 6.42 Å². The standard InChI is InChI=1S/C22H23N9OS/c1-4-15-9-25-29-31(15)17-8-14(22(32)27-16(5-2)20-24-12-26-28-20)11-30-18(10-23-21(17)30)19-7-6-13(3)33-19/h6-12,16H,4-5H2,1-3H3,(H,27,32)(H,24,26,28). The number of carbonyl (C=O) groups is 1. The number of thiophene rings is 1. The maximum absolute atomic E-state index is 13.4. The van der Waals surface area contributed by atoms with Gasteiger partial charge in [0.05, 0.1) is 40.3 Å². The van der Waals surface area contributed by atoms with Crippen LogP contribution in [0.4, 0.5) is 0 Å². The summed E-state index contributed by atoms with van der Waals surface area (Å²) in [5.41, 5.74) is 3.73. The zero-order valence-electron chi connectivity index (χ0n) is 18.5. The SMILES string of the molecule is CCc1cnnn1-c1cc(C(=O)NC(CC)c2ncn[nH]2)cn2c(-c3ccc(C)s3)cnc12. The predicted octanol–water partition coefficient (Wildman–Crippen LogP) is 3.51. The molecule has 5 rings (SSSR count). The average Bonchev–Trinajstić information content (AvgIpc) is 3.62. The fourth-order valence-corrected chi connectivity index (χ4v) is 4.67. The molecule has 10 nitrogen and oxygen atoms in total. The number of hydrogen-bond donors (Lipinski definition) is 2. The molecule has 2 N–H and O–H groups in total. The van der Waals surface area contributed by atoms with Gasteiger partial charge in [-0.3, -0.25) is 14.3 Å². The van der Waals surface area contributed by atoms with Crippen molar-refractivity contribution in [3.8, 4) is 16.3 Å². The van der Waals surface area contributed by atoms with Crippen LogP contribution in [0.3, 0.4) is 0 Å². The molecule has 5 aromatic rings. The Morgan fingerprint density at radius 3 is 2.82 bits per heavy atom. The van der Waals surface area contributed by atoms with Gasteiger partial charge in [0.1, 0.15) is 17.8 Å². The number of nitrogens with zero attached hydrogens (tertiary/aromatic N) is 7. The minimum absolute atomic E-state index is 0.221. The average molecular weight is 462 g/mol. The molecule has 0 aliphatic heterocycles. The van der Waals surface area contributed by atoms with Crippen LogP contribution in [0.15, 0.2) is 43.1 Å². The molecule has 11 heteroatoms. The molecule has 1 unspecified atom stereocenters. The number of aryl methyl sites for hydroxylation is 2. The lowest BCUT2D eigenvalue weighted by molar-refractivity contribution is 0.0933. The van der Waals surface area contributed by atoms with Crippen molar-refractivity contribution in [3.63, 3.8) is 0 Å². The summed E-state index contributed by atoms with van der Waals surface area (Å²) in [5.74, 6) is 0.399. The minimum Gasteiger partial charge on any atom is -0.342 e. The Balaban J connectivity index is 1.64. The summed E-state index contributed by atoms with van der Waals surface area (Å²) in [6, 6.07) is 5.67. The Labute approximate surface area is 193 Å². The molecule has 0 aliphatic rings. The largest absolute Gasteiger partial charge is 0.342 e. The third kappa shape index (κ3) is 3.80. The van der Waals surface area contributed by atoms with Gasteiger partial charge in [0.2, 0.25) is 0 Å². The second kappa shape index (κ2) is 8.58. The molecule has 0 spiro atoms. The van der Waals surface area contributed by atoms with Crippen LogP contribution in [0.2, 0.25) is 0 Å². The van der Waals surface area contributed by atoms with Gasteiger partial charge in [-0.2, -0.15) is 5.10 Å². The van der Waals surface area contributed by atoms with Crippen molar-refractivity contribution in [2.24, 2.45) is 0 Å². The van der Waals surface area contributed by atoms with Gasteiger partial charge in [0, 0.05) is 11.1 Å². The van der Waals surface area contributed by atoms with E-state index in [1.165, 1.54) is 11.2 Å². The summed E-state index contributed by atoms with van der Waals surface area (Å²) in [6.07, 6.45) is 8.23. The Bertz CT molecular complexity index is 1410. The highest BCUT2D eigenvalue weighted by Gasteiger charge is 2.21. The van der Waals surface area contributed by atoms with E-state index in [1.54, 1.807) is 22.2 Å². The first-order valence-electron chi connectivity index (χ1n) is 10.7. The molecule has 0 radical (unpaired) electrons. The smallest absolute Gasteiger partial charge is 0.253 e. The predicted molar refractivity (Wildman–Crippen MR) is 124 cm³/mol. The maximum atomic E-state index is 13.4. The zero-order chi connectivity index (χ0) is 22.9. The fraction of sp³-hybridized carbons (Fsp3) is 0.273. The Morgan fingerprint density at radius 1 is 1.24 bits per heavy atom. The number of pyridine rings is 1. The molecular weight excluding hydrogens is 438 g/mol. The van der Waals surface area contributed by atoms with Gasteiger partial charge in [0.15, 0.2) is 5.65 Å². The van der Waals surface area contributed by atoms with E-state index in [4.69, 9.17) is 0 Å². The molecule has 0 saturated heterocycles. The number of rotatable bonds is 7. The molecule has 0 aromatic carbocycles. The Morgan fingerprint density at radius 2 is 2.12 bits per heavy atom. The number of imidazole rings is 1. The summed E-state index contributed by atoms with van der Waals surface area (Å²) in [7, 11) is 0. The summed E-state index contributed by atoms with van der Waals surface area (Å²) < 4.78 is 3.70. The molecule has 0 aliphatic carbocycles. The number of H-pyrrole nitrogens is 1. The zero-order valence-corrected chi connectivity index (χ0v) is 19.3. The topological polar surface area (TPSA) is 119 Å². The first-order chi connectivity index (χ1) is 16.1. The summed E-state index contributed by atoms with van der Waals surface area (Å²) in [6.45, 7) is 6.09. The molecule has 168 valence electrons. The van der Waals surface area contributed by atoms with Crippen molar-refractivity contribution in [2.75, 3.05) is 0 Å². The number of aromatic amines is 1. The van der Waals surface area contributed by atoms with Gasteiger partial charge in [0.25, 0.3) is 5.91 Å². The number of hydrogen-bond acceptors (Lipinski definition) is 7. The summed E-state index contributed by atoms with van der Waals surface area (Å²) >= 11 is 1.68. The van der Waals surface area contributed by atoms with E-state index in [1.807, 2.05) is 36.7 Å². The van der Waals surface area contributed by atoms with E-state index in [9.17, 15) is 4.79 Å². The third-order valence-corrected chi connectivity index (χ3v) is 6.55.